The molecule has 0 saturated carbocycles. The highest BCUT2D eigenvalue weighted by atomic mass is 16.5. The van der Waals surface area contributed by atoms with Crippen LogP contribution in [0.1, 0.15) is 24.8 Å². The van der Waals surface area contributed by atoms with Gasteiger partial charge in [0.1, 0.15) is 6.54 Å². The van der Waals surface area contributed by atoms with Gasteiger partial charge >= 0.3 is 5.97 Å². The molecule has 0 unspecified atom stereocenters. The van der Waals surface area contributed by atoms with Crippen molar-refractivity contribution in [3.8, 4) is 0 Å². The summed E-state index contributed by atoms with van der Waals surface area (Å²) in [5.41, 5.74) is 2.34. The first-order valence-electron chi connectivity index (χ1n) is 10.2. The maximum Gasteiger partial charge on any atom is 0.326 e. The molecular weight excluding hydrogens is 384 g/mol. The number of amides is 3. The number of nitrogens with zero attached hydrogens (tertiary/aromatic N) is 2. The molecule has 1 aromatic rings. The number of ether oxygens (including phenoxy) is 1. The smallest absolute Gasteiger partial charge is 0.326 e. The summed E-state index contributed by atoms with van der Waals surface area (Å²) >= 11 is 0. The molecule has 7 nitrogen and oxygen atoms in total. The van der Waals surface area contributed by atoms with Gasteiger partial charge in [-0.3, -0.25) is 24.1 Å². The first-order valence-corrected chi connectivity index (χ1v) is 10.2. The van der Waals surface area contributed by atoms with Crippen molar-refractivity contribution in [2.75, 3.05) is 26.2 Å². The molecule has 4 rings (SSSR count). The van der Waals surface area contributed by atoms with E-state index in [2.05, 4.69) is 0 Å². The molecule has 2 heterocycles. The highest BCUT2D eigenvalue weighted by Crippen LogP contribution is 2.34. The monoisotopic (exact) mass is 408 g/mol. The number of esters is 1. The van der Waals surface area contributed by atoms with Crippen molar-refractivity contribution < 1.29 is 23.9 Å². The molecule has 1 aliphatic carbocycles. The third-order valence-corrected chi connectivity index (χ3v) is 5.95. The Morgan fingerprint density at radius 2 is 1.67 bits per heavy atom. The highest BCUT2D eigenvalue weighted by Gasteiger charge is 2.47. The predicted octanol–water partition coefficient (Wildman–Crippen LogP) is 1.80. The van der Waals surface area contributed by atoms with Gasteiger partial charge in [0.25, 0.3) is 5.91 Å². The van der Waals surface area contributed by atoms with Gasteiger partial charge in [0.05, 0.1) is 11.8 Å². The minimum absolute atomic E-state index is 0.288. The molecule has 156 valence electrons. The number of hydrogen-bond acceptors (Lipinski definition) is 5. The summed E-state index contributed by atoms with van der Waals surface area (Å²) < 4.78 is 5.07. The molecule has 1 aromatic carbocycles. The Hall–Kier alpha value is -3.22. The van der Waals surface area contributed by atoms with Crippen LogP contribution >= 0.6 is 0 Å². The maximum atomic E-state index is 12.4. The van der Waals surface area contributed by atoms with Crippen LogP contribution in [0.15, 0.2) is 48.6 Å². The number of allylic oxidation sites excluding steroid dienone is 2. The van der Waals surface area contributed by atoms with Crippen LogP contribution in [-0.2, 0) is 23.9 Å². The maximum absolute atomic E-state index is 12.4. The lowest BCUT2D eigenvalue weighted by Gasteiger charge is -2.26. The first-order chi connectivity index (χ1) is 14.5. The van der Waals surface area contributed by atoms with Crippen molar-refractivity contribution in [2.24, 2.45) is 11.8 Å². The van der Waals surface area contributed by atoms with E-state index in [0.717, 1.165) is 16.9 Å². The number of carbonyl (C=O) groups is 4. The molecule has 1 fully saturated rings. The van der Waals surface area contributed by atoms with Gasteiger partial charge in [-0.15, -0.1) is 0 Å². The molecule has 2 aliphatic heterocycles. The number of rotatable bonds is 5. The summed E-state index contributed by atoms with van der Waals surface area (Å²) in [6, 6.07) is 10.0. The zero-order chi connectivity index (χ0) is 21.1. The number of carbonyl (C=O) groups excluding carboxylic acids is 4. The fourth-order valence-corrected chi connectivity index (χ4v) is 4.24. The van der Waals surface area contributed by atoms with Crippen LogP contribution < -0.4 is 0 Å². The quantitative estimate of drug-likeness (QED) is 0.421. The molecule has 3 aliphatic rings. The first kappa shape index (κ1) is 20.1. The Morgan fingerprint density at radius 3 is 2.27 bits per heavy atom. The van der Waals surface area contributed by atoms with E-state index in [0.29, 0.717) is 25.9 Å². The van der Waals surface area contributed by atoms with Crippen molar-refractivity contribution >= 4 is 29.3 Å². The largest absolute Gasteiger partial charge is 0.454 e. The summed E-state index contributed by atoms with van der Waals surface area (Å²) in [6.45, 7) is 0.185. The highest BCUT2D eigenvalue weighted by molar-refractivity contribution is 6.07. The number of likely N-dealkylation sites (tertiary alicyclic amines) is 1. The summed E-state index contributed by atoms with van der Waals surface area (Å²) in [6.07, 6.45) is 7.57. The zero-order valence-corrected chi connectivity index (χ0v) is 16.7. The molecule has 0 aromatic heterocycles. The second kappa shape index (κ2) is 8.65. The topological polar surface area (TPSA) is 84.0 Å². The van der Waals surface area contributed by atoms with Crippen molar-refractivity contribution in [3.05, 3.63) is 54.1 Å². The average Bonchev–Trinajstić information content (AvgIpc) is 3.03. The van der Waals surface area contributed by atoms with Gasteiger partial charge < -0.3 is 9.64 Å². The minimum Gasteiger partial charge on any atom is -0.454 e. The second-order valence-electron chi connectivity index (χ2n) is 7.76. The molecule has 0 spiro atoms. The number of fused-ring (bicyclic) bond motifs is 1. The van der Waals surface area contributed by atoms with E-state index in [1.54, 1.807) is 4.90 Å². The Balaban J connectivity index is 1.26. The lowest BCUT2D eigenvalue weighted by molar-refractivity contribution is -0.156. The molecule has 2 atom stereocenters. The van der Waals surface area contributed by atoms with Crippen LogP contribution in [0, 0.1) is 11.8 Å². The Labute approximate surface area is 175 Å². The number of benzene rings is 1. The van der Waals surface area contributed by atoms with Crippen molar-refractivity contribution in [1.82, 2.24) is 9.80 Å². The standard InChI is InChI=1S/C23H24N2O5/c26-20(24-12-10-17(11-13-24)16-6-2-1-3-7-16)15-30-21(27)14-25-22(28)18-8-4-5-9-19(18)23(25)29/h1-7,10,18-19H,8-9,11-15H2/t18-,19+. The normalized spacial score (nSPS) is 23.3. The van der Waals surface area contributed by atoms with Gasteiger partial charge in [-0.25, -0.2) is 0 Å². The molecule has 7 heteroatoms. The van der Waals surface area contributed by atoms with Crippen molar-refractivity contribution in [1.29, 1.82) is 0 Å². The van der Waals surface area contributed by atoms with E-state index in [-0.39, 0.29) is 29.6 Å². The van der Waals surface area contributed by atoms with Crippen LogP contribution in [-0.4, -0.2) is 59.7 Å². The zero-order valence-electron chi connectivity index (χ0n) is 16.7. The van der Waals surface area contributed by atoms with E-state index in [9.17, 15) is 19.2 Å². The summed E-state index contributed by atoms with van der Waals surface area (Å²) in [5, 5.41) is 0. The van der Waals surface area contributed by atoms with Crippen LogP contribution in [0.2, 0.25) is 0 Å². The number of imide groups is 1. The van der Waals surface area contributed by atoms with Gasteiger partial charge in [0.2, 0.25) is 11.8 Å². The average molecular weight is 408 g/mol. The van der Waals surface area contributed by atoms with Gasteiger partial charge in [0, 0.05) is 13.1 Å². The third-order valence-electron chi connectivity index (χ3n) is 5.95. The van der Waals surface area contributed by atoms with E-state index in [4.69, 9.17) is 4.74 Å². The molecule has 0 N–H and O–H groups in total. The van der Waals surface area contributed by atoms with E-state index in [1.807, 2.05) is 48.6 Å². The molecule has 3 amide bonds. The molecule has 0 radical (unpaired) electrons. The van der Waals surface area contributed by atoms with E-state index < -0.39 is 19.1 Å². The minimum atomic E-state index is -0.741. The van der Waals surface area contributed by atoms with E-state index in [1.165, 1.54) is 5.57 Å². The third kappa shape index (κ3) is 4.06. The van der Waals surface area contributed by atoms with Crippen molar-refractivity contribution in [2.45, 2.75) is 19.3 Å². The van der Waals surface area contributed by atoms with Gasteiger partial charge in [-0.2, -0.15) is 0 Å². The molecular formula is C23H24N2O5. The Kier molecular flexibility index (Phi) is 5.79. The van der Waals surface area contributed by atoms with E-state index >= 15 is 0 Å². The Bertz CT molecular complexity index is 895. The lowest BCUT2D eigenvalue weighted by atomic mass is 9.85. The van der Waals surface area contributed by atoms with Gasteiger partial charge in [-0.1, -0.05) is 48.6 Å². The summed E-state index contributed by atoms with van der Waals surface area (Å²) in [7, 11) is 0. The van der Waals surface area contributed by atoms with Gasteiger partial charge in [-0.05, 0) is 30.4 Å². The molecule has 1 saturated heterocycles. The van der Waals surface area contributed by atoms with Gasteiger partial charge in [0.15, 0.2) is 6.61 Å². The van der Waals surface area contributed by atoms with Crippen LogP contribution in [0.5, 0.6) is 0 Å². The fraction of sp³-hybridized carbons (Fsp3) is 0.391. The lowest BCUT2D eigenvalue weighted by Crippen LogP contribution is -2.40. The van der Waals surface area contributed by atoms with Crippen LogP contribution in [0.25, 0.3) is 5.57 Å². The van der Waals surface area contributed by atoms with Crippen molar-refractivity contribution in [3.63, 3.8) is 0 Å². The predicted molar refractivity (Wildman–Crippen MR) is 109 cm³/mol. The molecule has 0 bridgehead atoms. The Morgan fingerprint density at radius 1 is 1.00 bits per heavy atom. The number of hydrogen-bond donors (Lipinski definition) is 0. The fourth-order valence-electron chi connectivity index (χ4n) is 4.24. The van der Waals surface area contributed by atoms with Crippen LogP contribution in [0.3, 0.4) is 0 Å². The molecule has 30 heavy (non-hydrogen) atoms. The summed E-state index contributed by atoms with van der Waals surface area (Å²) in [5.74, 6) is -2.44. The SMILES string of the molecule is O=C(CN1C(=O)[C@H]2CC=CC[C@H]2C1=O)OCC(=O)N1CC=C(c2ccccc2)CC1. The summed E-state index contributed by atoms with van der Waals surface area (Å²) in [4.78, 5) is 51.9. The van der Waals surface area contributed by atoms with Crippen LogP contribution in [0.4, 0.5) is 0 Å². The second-order valence-corrected chi connectivity index (χ2v) is 7.76.